The van der Waals surface area contributed by atoms with Gasteiger partial charge in [-0.2, -0.15) is 10.5 Å². The number of Topliss-reactive ketones (excluding diaryl/α,β-unsaturated/α-hetero) is 1. The predicted octanol–water partition coefficient (Wildman–Crippen LogP) is 5.11. The van der Waals surface area contributed by atoms with E-state index >= 15 is 0 Å². The fourth-order valence-corrected chi connectivity index (χ4v) is 4.57. The molecule has 1 aliphatic carbocycles. The van der Waals surface area contributed by atoms with Crippen LogP contribution < -0.4 is 0 Å². The van der Waals surface area contributed by atoms with Crippen molar-refractivity contribution in [2.45, 2.75) is 38.1 Å². The lowest BCUT2D eigenvalue weighted by Crippen LogP contribution is -2.44. The summed E-state index contributed by atoms with van der Waals surface area (Å²) in [6, 6.07) is 19.6. The summed E-state index contributed by atoms with van der Waals surface area (Å²) < 4.78 is 0. The largest absolute Gasteiger partial charge is 0.292 e. The van der Waals surface area contributed by atoms with Gasteiger partial charge < -0.3 is 0 Å². The molecule has 1 aliphatic heterocycles. The molecule has 4 heteroatoms. The third kappa shape index (κ3) is 5.00. The van der Waals surface area contributed by atoms with E-state index in [2.05, 4.69) is 17.0 Å². The van der Waals surface area contributed by atoms with Crippen LogP contribution in [0.25, 0.3) is 12.2 Å². The molecule has 1 saturated heterocycles. The van der Waals surface area contributed by atoms with Crippen LogP contribution in [0, 0.1) is 22.7 Å². The zero-order chi connectivity index (χ0) is 21.6. The first kappa shape index (κ1) is 20.8. The molecule has 2 aliphatic rings. The summed E-state index contributed by atoms with van der Waals surface area (Å²) in [5, 5.41) is 18.4. The Morgan fingerprint density at radius 3 is 1.81 bits per heavy atom. The van der Waals surface area contributed by atoms with Gasteiger partial charge in [0.05, 0.1) is 23.3 Å². The molecule has 0 unspecified atom stereocenters. The molecule has 0 atom stereocenters. The number of carbonyl (C=O) groups is 1. The fourth-order valence-electron chi connectivity index (χ4n) is 4.57. The standard InChI is InChI=1S/C27H25N3O/c28-16-22-8-4-6-20(12-22)14-24-18-30(26-10-2-1-3-11-26)19-25(27(24)31)15-21-7-5-9-23(13-21)17-29/h4-9,12-15,26H,1-3,10-11,18-19H2. The Bertz CT molecular complexity index is 1040. The van der Waals surface area contributed by atoms with E-state index in [-0.39, 0.29) is 5.78 Å². The van der Waals surface area contributed by atoms with E-state index in [0.717, 1.165) is 22.3 Å². The maximum absolute atomic E-state index is 13.4. The molecule has 1 heterocycles. The molecule has 2 aromatic carbocycles. The third-order valence-corrected chi connectivity index (χ3v) is 6.13. The van der Waals surface area contributed by atoms with Crippen LogP contribution in [0.1, 0.15) is 54.4 Å². The molecule has 31 heavy (non-hydrogen) atoms. The van der Waals surface area contributed by atoms with Crippen molar-refractivity contribution in [1.82, 2.24) is 4.90 Å². The van der Waals surface area contributed by atoms with Gasteiger partial charge in [0.25, 0.3) is 0 Å². The normalized spacial score (nSPS) is 20.5. The van der Waals surface area contributed by atoms with E-state index in [1.807, 2.05) is 48.6 Å². The van der Waals surface area contributed by atoms with Crippen molar-refractivity contribution in [3.8, 4) is 12.1 Å². The Kier molecular flexibility index (Phi) is 6.41. The second-order valence-corrected chi connectivity index (χ2v) is 8.34. The van der Waals surface area contributed by atoms with Gasteiger partial charge in [-0.25, -0.2) is 0 Å². The molecule has 4 nitrogen and oxygen atoms in total. The number of ketones is 1. The zero-order valence-electron chi connectivity index (χ0n) is 17.6. The summed E-state index contributed by atoms with van der Waals surface area (Å²) in [4.78, 5) is 15.8. The molecule has 2 fully saturated rings. The second kappa shape index (κ2) is 9.56. The molecule has 0 spiro atoms. The lowest BCUT2D eigenvalue weighted by Gasteiger charge is -2.38. The van der Waals surface area contributed by atoms with Crippen LogP contribution in [0.3, 0.4) is 0 Å². The van der Waals surface area contributed by atoms with E-state index in [1.54, 1.807) is 12.1 Å². The van der Waals surface area contributed by atoms with Gasteiger partial charge in [-0.1, -0.05) is 43.5 Å². The monoisotopic (exact) mass is 407 g/mol. The van der Waals surface area contributed by atoms with Gasteiger partial charge >= 0.3 is 0 Å². The molecule has 0 amide bonds. The Morgan fingerprint density at radius 1 is 0.806 bits per heavy atom. The van der Waals surface area contributed by atoms with E-state index in [4.69, 9.17) is 0 Å². The molecule has 0 N–H and O–H groups in total. The minimum absolute atomic E-state index is 0.0526. The molecule has 0 bridgehead atoms. The second-order valence-electron chi connectivity index (χ2n) is 8.34. The summed E-state index contributed by atoms with van der Waals surface area (Å²) in [5.74, 6) is 0.0526. The average molecular weight is 408 g/mol. The first-order valence-corrected chi connectivity index (χ1v) is 10.9. The van der Waals surface area contributed by atoms with E-state index in [0.29, 0.717) is 30.3 Å². The van der Waals surface area contributed by atoms with Gasteiger partial charge in [0.1, 0.15) is 0 Å². The van der Waals surface area contributed by atoms with Crippen molar-refractivity contribution in [1.29, 1.82) is 10.5 Å². The highest BCUT2D eigenvalue weighted by Gasteiger charge is 2.31. The number of piperidine rings is 1. The first-order valence-electron chi connectivity index (χ1n) is 10.9. The van der Waals surface area contributed by atoms with Gasteiger partial charge in [-0.15, -0.1) is 0 Å². The Hall–Kier alpha value is -3.47. The molecular formula is C27H25N3O. The number of likely N-dealkylation sites (tertiary alicyclic amines) is 1. The van der Waals surface area contributed by atoms with Gasteiger partial charge in [0, 0.05) is 30.3 Å². The highest BCUT2D eigenvalue weighted by Crippen LogP contribution is 2.29. The maximum Gasteiger partial charge on any atom is 0.187 e. The quantitative estimate of drug-likeness (QED) is 0.663. The van der Waals surface area contributed by atoms with Crippen molar-refractivity contribution >= 4 is 17.9 Å². The molecule has 0 radical (unpaired) electrons. The lowest BCUT2D eigenvalue weighted by molar-refractivity contribution is -0.113. The van der Waals surface area contributed by atoms with Gasteiger partial charge in [-0.3, -0.25) is 9.69 Å². The van der Waals surface area contributed by atoms with E-state index in [9.17, 15) is 15.3 Å². The number of hydrogen-bond acceptors (Lipinski definition) is 4. The van der Waals surface area contributed by atoms with Crippen molar-refractivity contribution in [3.63, 3.8) is 0 Å². The van der Waals surface area contributed by atoms with Crippen LogP contribution in [0.2, 0.25) is 0 Å². The summed E-state index contributed by atoms with van der Waals surface area (Å²) in [7, 11) is 0. The van der Waals surface area contributed by atoms with Crippen LogP contribution in [0.15, 0.2) is 59.7 Å². The molecule has 0 aromatic heterocycles. The minimum Gasteiger partial charge on any atom is -0.292 e. The van der Waals surface area contributed by atoms with Gasteiger partial charge in [-0.05, 0) is 60.4 Å². The summed E-state index contributed by atoms with van der Waals surface area (Å²) in [5.41, 5.74) is 4.44. The topological polar surface area (TPSA) is 67.9 Å². The van der Waals surface area contributed by atoms with Crippen molar-refractivity contribution < 1.29 is 4.79 Å². The summed E-state index contributed by atoms with van der Waals surface area (Å²) in [6.45, 7) is 1.27. The van der Waals surface area contributed by atoms with Crippen molar-refractivity contribution in [2.75, 3.05) is 13.1 Å². The fraction of sp³-hybridized carbons (Fsp3) is 0.296. The highest BCUT2D eigenvalue weighted by molar-refractivity contribution is 6.14. The van der Waals surface area contributed by atoms with Gasteiger partial charge in [0.15, 0.2) is 5.78 Å². The number of nitrogens with zero attached hydrogens (tertiary/aromatic N) is 3. The Morgan fingerprint density at radius 2 is 1.32 bits per heavy atom. The van der Waals surface area contributed by atoms with Crippen molar-refractivity contribution in [2.24, 2.45) is 0 Å². The molecule has 2 aromatic rings. The van der Waals surface area contributed by atoms with Crippen LogP contribution >= 0.6 is 0 Å². The molecular weight excluding hydrogens is 382 g/mol. The average Bonchev–Trinajstić information content (AvgIpc) is 2.82. The Labute approximate surface area is 183 Å². The zero-order valence-corrected chi connectivity index (χ0v) is 17.6. The number of hydrogen-bond donors (Lipinski definition) is 0. The summed E-state index contributed by atoms with van der Waals surface area (Å²) >= 11 is 0. The molecule has 1 saturated carbocycles. The number of benzene rings is 2. The third-order valence-electron chi connectivity index (χ3n) is 6.13. The van der Waals surface area contributed by atoms with Crippen molar-refractivity contribution in [3.05, 3.63) is 81.9 Å². The van der Waals surface area contributed by atoms with E-state index < -0.39 is 0 Å². The van der Waals surface area contributed by atoms with Crippen LogP contribution in [-0.2, 0) is 4.79 Å². The molecule has 154 valence electrons. The highest BCUT2D eigenvalue weighted by atomic mass is 16.1. The lowest BCUT2D eigenvalue weighted by atomic mass is 9.89. The molecule has 4 rings (SSSR count). The first-order chi connectivity index (χ1) is 15.2. The Balaban J connectivity index is 1.70. The van der Waals surface area contributed by atoms with E-state index in [1.165, 1.54) is 32.1 Å². The number of rotatable bonds is 3. The SMILES string of the molecule is N#Cc1cccc(C=C2CN(C3CCCCC3)CC(=Cc3cccc(C#N)c3)C2=O)c1. The predicted molar refractivity (Wildman–Crippen MR) is 122 cm³/mol. The van der Waals surface area contributed by atoms with Crippen LogP contribution in [0.5, 0.6) is 0 Å². The minimum atomic E-state index is 0.0526. The summed E-state index contributed by atoms with van der Waals surface area (Å²) in [6.07, 6.45) is 9.96. The van der Waals surface area contributed by atoms with Crippen LogP contribution in [0.4, 0.5) is 0 Å². The smallest absolute Gasteiger partial charge is 0.187 e. The van der Waals surface area contributed by atoms with Gasteiger partial charge in [0.2, 0.25) is 0 Å². The van der Waals surface area contributed by atoms with Crippen LogP contribution in [-0.4, -0.2) is 29.8 Å². The number of carbonyl (C=O) groups excluding carboxylic acids is 1. The number of nitriles is 2. The maximum atomic E-state index is 13.4.